The Labute approximate surface area is 57.7 Å². The molecule has 0 bridgehead atoms. The molecule has 0 saturated heterocycles. The molecule has 9 heavy (non-hydrogen) atoms. The van der Waals surface area contributed by atoms with E-state index in [-0.39, 0.29) is 5.69 Å². The molecule has 3 heteroatoms. The second-order valence-electron chi connectivity index (χ2n) is 1.38. The van der Waals surface area contributed by atoms with Crippen LogP contribution in [-0.4, -0.2) is 4.98 Å². The van der Waals surface area contributed by atoms with Crippen molar-refractivity contribution in [3.05, 3.63) is 29.0 Å². The van der Waals surface area contributed by atoms with Gasteiger partial charge in [0, 0.05) is 12.3 Å². The Morgan fingerprint density at radius 3 is 3.00 bits per heavy atom. The molecule has 0 saturated carbocycles. The van der Waals surface area contributed by atoms with Crippen molar-refractivity contribution in [3.8, 4) is 6.07 Å². The summed E-state index contributed by atoms with van der Waals surface area (Å²) < 4.78 is 0. The summed E-state index contributed by atoms with van der Waals surface area (Å²) in [7, 11) is 0. The van der Waals surface area contributed by atoms with Crippen LogP contribution in [0.5, 0.6) is 0 Å². The number of nitriles is 1. The fourth-order valence-electron chi connectivity index (χ4n) is 0.425. The van der Waals surface area contributed by atoms with Gasteiger partial charge in [-0.25, -0.2) is 4.98 Å². The largest absolute Gasteiger partial charge is 0.243 e. The summed E-state index contributed by atoms with van der Waals surface area (Å²) in [5, 5.41) is 8.65. The highest BCUT2D eigenvalue weighted by Crippen LogP contribution is 2.08. The van der Waals surface area contributed by atoms with Gasteiger partial charge in [-0.05, 0) is 6.07 Å². The van der Waals surface area contributed by atoms with E-state index in [2.05, 4.69) is 11.1 Å². The predicted molar refractivity (Wildman–Crippen MR) is 32.8 cm³/mol. The van der Waals surface area contributed by atoms with E-state index in [0.29, 0.717) is 5.02 Å². The lowest BCUT2D eigenvalue weighted by molar-refractivity contribution is 1.26. The van der Waals surface area contributed by atoms with Gasteiger partial charge in [0.05, 0.1) is 5.02 Å². The number of pyridine rings is 1. The van der Waals surface area contributed by atoms with E-state index in [0.717, 1.165) is 0 Å². The normalized spacial score (nSPS) is 8.44. The second kappa shape index (κ2) is 2.47. The molecule has 0 N–H and O–H groups in total. The van der Waals surface area contributed by atoms with Crippen molar-refractivity contribution in [2.45, 2.75) is 0 Å². The fraction of sp³-hybridized carbons (Fsp3) is 0. The van der Waals surface area contributed by atoms with E-state index in [4.69, 9.17) is 16.9 Å². The van der Waals surface area contributed by atoms with E-state index < -0.39 is 0 Å². The Morgan fingerprint density at radius 1 is 1.78 bits per heavy atom. The number of halogens is 1. The average Bonchev–Trinajstić information content (AvgIpc) is 1.89. The first-order chi connectivity index (χ1) is 4.34. The van der Waals surface area contributed by atoms with Gasteiger partial charge >= 0.3 is 0 Å². The lowest BCUT2D eigenvalue weighted by Gasteiger charge is -1.86. The molecule has 0 spiro atoms. The Morgan fingerprint density at radius 2 is 2.56 bits per heavy atom. The Hall–Kier alpha value is -1.07. The monoisotopic (exact) mass is 137 g/mol. The maximum Gasteiger partial charge on any atom is 0.159 e. The number of rotatable bonds is 0. The van der Waals surface area contributed by atoms with E-state index in [1.54, 1.807) is 0 Å². The molecule has 43 valence electrons. The summed E-state index contributed by atoms with van der Waals surface area (Å²) in [6.45, 7) is 0. The highest BCUT2D eigenvalue weighted by Gasteiger charge is 1.94. The van der Waals surface area contributed by atoms with Gasteiger partial charge in [-0.15, -0.1) is 0 Å². The SMILES string of the molecule is N#Cc1nc[c]cc1Cl. The zero-order chi connectivity index (χ0) is 6.69. The third-order valence-electron chi connectivity index (χ3n) is 0.810. The van der Waals surface area contributed by atoms with Crippen molar-refractivity contribution in [1.29, 1.82) is 5.26 Å². The van der Waals surface area contributed by atoms with E-state index in [1.807, 2.05) is 6.07 Å². The van der Waals surface area contributed by atoms with Crippen molar-refractivity contribution in [2.24, 2.45) is 0 Å². The zero-order valence-corrected chi connectivity index (χ0v) is 5.18. The fourth-order valence-corrected chi connectivity index (χ4v) is 0.579. The smallest absolute Gasteiger partial charge is 0.159 e. The van der Waals surface area contributed by atoms with Crippen LogP contribution in [0.25, 0.3) is 0 Å². The molecule has 0 aliphatic heterocycles. The van der Waals surface area contributed by atoms with Crippen LogP contribution in [0.2, 0.25) is 5.02 Å². The van der Waals surface area contributed by atoms with Crippen LogP contribution in [-0.2, 0) is 0 Å². The van der Waals surface area contributed by atoms with Crippen molar-refractivity contribution in [2.75, 3.05) is 0 Å². The quantitative estimate of drug-likeness (QED) is 0.542. The molecular weight excluding hydrogens is 136 g/mol. The summed E-state index contributed by atoms with van der Waals surface area (Å²) in [6, 6.07) is 5.98. The topological polar surface area (TPSA) is 36.7 Å². The van der Waals surface area contributed by atoms with Gasteiger partial charge in [-0.2, -0.15) is 5.26 Å². The number of aromatic nitrogens is 1. The minimum absolute atomic E-state index is 0.246. The minimum Gasteiger partial charge on any atom is -0.243 e. The van der Waals surface area contributed by atoms with Crippen LogP contribution in [0, 0.1) is 17.4 Å². The van der Waals surface area contributed by atoms with Gasteiger partial charge in [0.2, 0.25) is 0 Å². The lowest BCUT2D eigenvalue weighted by Crippen LogP contribution is -1.80. The molecule has 0 amide bonds. The Bertz CT molecular complexity index is 251. The van der Waals surface area contributed by atoms with Gasteiger partial charge in [-0.1, -0.05) is 11.6 Å². The first kappa shape index (κ1) is 6.06. The van der Waals surface area contributed by atoms with E-state index >= 15 is 0 Å². The predicted octanol–water partition coefficient (Wildman–Crippen LogP) is 1.41. The molecule has 0 unspecified atom stereocenters. The first-order valence-corrected chi connectivity index (χ1v) is 2.64. The highest BCUT2D eigenvalue weighted by molar-refractivity contribution is 6.31. The van der Waals surface area contributed by atoms with Gasteiger partial charge in [-0.3, -0.25) is 0 Å². The summed E-state index contributed by atoms with van der Waals surface area (Å²) in [5.74, 6) is 0. The van der Waals surface area contributed by atoms with E-state index in [1.165, 1.54) is 12.3 Å². The van der Waals surface area contributed by atoms with Gasteiger partial charge in [0.15, 0.2) is 5.69 Å². The zero-order valence-electron chi connectivity index (χ0n) is 4.43. The van der Waals surface area contributed by atoms with Crippen molar-refractivity contribution < 1.29 is 0 Å². The summed E-state index contributed by atoms with van der Waals surface area (Å²) >= 11 is 5.51. The van der Waals surface area contributed by atoms with Crippen LogP contribution in [0.1, 0.15) is 5.69 Å². The van der Waals surface area contributed by atoms with Crippen LogP contribution >= 0.6 is 11.6 Å². The summed E-state index contributed by atoms with van der Waals surface area (Å²) in [5.41, 5.74) is 0.246. The van der Waals surface area contributed by atoms with Gasteiger partial charge in [0.25, 0.3) is 0 Å². The number of nitrogens with zero attached hydrogens (tertiary/aromatic N) is 2. The molecule has 0 aliphatic rings. The minimum atomic E-state index is 0.246. The van der Waals surface area contributed by atoms with Crippen LogP contribution < -0.4 is 0 Å². The average molecular weight is 138 g/mol. The molecule has 1 aromatic heterocycles. The Balaban J connectivity index is 3.20. The third-order valence-corrected chi connectivity index (χ3v) is 1.10. The van der Waals surface area contributed by atoms with Crippen molar-refractivity contribution in [3.63, 3.8) is 0 Å². The molecule has 0 fully saturated rings. The molecular formula is C6H2ClN2. The standard InChI is InChI=1S/C6H2ClN2/c7-5-2-1-3-9-6(5)4-8/h2-3H. The summed E-state index contributed by atoms with van der Waals surface area (Å²) in [6.07, 6.45) is 1.41. The van der Waals surface area contributed by atoms with Crippen molar-refractivity contribution in [1.82, 2.24) is 4.98 Å². The Kier molecular flexibility index (Phi) is 1.66. The van der Waals surface area contributed by atoms with Crippen molar-refractivity contribution >= 4 is 11.6 Å². The summed E-state index contributed by atoms with van der Waals surface area (Å²) in [4.78, 5) is 3.65. The second-order valence-corrected chi connectivity index (χ2v) is 1.78. The molecule has 1 aromatic rings. The maximum atomic E-state index is 8.31. The molecule has 2 nitrogen and oxygen atoms in total. The molecule has 0 aromatic carbocycles. The molecule has 1 rings (SSSR count). The third kappa shape index (κ3) is 1.18. The highest BCUT2D eigenvalue weighted by atomic mass is 35.5. The molecule has 1 radical (unpaired) electrons. The molecule has 0 aliphatic carbocycles. The molecule has 0 atom stereocenters. The number of hydrogen-bond acceptors (Lipinski definition) is 2. The lowest BCUT2D eigenvalue weighted by atomic mass is 10.4. The van der Waals surface area contributed by atoms with Crippen LogP contribution in [0.4, 0.5) is 0 Å². The molecule has 1 heterocycles. The number of hydrogen-bond donors (Lipinski definition) is 0. The van der Waals surface area contributed by atoms with Crippen LogP contribution in [0.15, 0.2) is 12.3 Å². The van der Waals surface area contributed by atoms with Crippen LogP contribution in [0.3, 0.4) is 0 Å². The van der Waals surface area contributed by atoms with E-state index in [9.17, 15) is 0 Å². The van der Waals surface area contributed by atoms with Gasteiger partial charge in [0.1, 0.15) is 6.07 Å². The first-order valence-electron chi connectivity index (χ1n) is 2.26. The van der Waals surface area contributed by atoms with Gasteiger partial charge < -0.3 is 0 Å². The maximum absolute atomic E-state index is 8.31.